The van der Waals surface area contributed by atoms with Crippen LogP contribution >= 0.6 is 0 Å². The number of unbranched alkanes of at least 4 members (excludes halogenated alkanes) is 10. The fourth-order valence-corrected chi connectivity index (χ4v) is 3.34. The summed E-state index contributed by atoms with van der Waals surface area (Å²) in [5.41, 5.74) is 0.701. The molecule has 1 rings (SSSR count). The van der Waals surface area contributed by atoms with Gasteiger partial charge in [0.1, 0.15) is 6.10 Å². The van der Waals surface area contributed by atoms with E-state index in [1.807, 2.05) is 18.2 Å². The minimum absolute atomic E-state index is 0.0973. The molecule has 0 radical (unpaired) electrons. The van der Waals surface area contributed by atoms with Gasteiger partial charge in [-0.2, -0.15) is 0 Å². The standard InChI is InChI=1S/C23H39NO3/c1-2-3-4-5-6-7-8-9-10-11-15-18-22(26)24-21(19-25)23(27)20-16-13-12-14-17-20/h12-14,16-17,21,23,25,27H,2-11,15,18-19H2,1H3,(H,24,26)/t21-,23-/m0/s1. The number of rotatable bonds is 16. The van der Waals surface area contributed by atoms with Crippen molar-refractivity contribution in [1.29, 1.82) is 0 Å². The molecule has 0 unspecified atom stereocenters. The fourth-order valence-electron chi connectivity index (χ4n) is 3.34. The van der Waals surface area contributed by atoms with Gasteiger partial charge in [-0.15, -0.1) is 0 Å². The molecule has 0 bridgehead atoms. The van der Waals surface area contributed by atoms with Crippen molar-refractivity contribution >= 4 is 5.91 Å². The summed E-state index contributed by atoms with van der Waals surface area (Å²) < 4.78 is 0. The number of carbonyl (C=O) groups excluding carboxylic acids is 1. The largest absolute Gasteiger partial charge is 0.394 e. The summed E-state index contributed by atoms with van der Waals surface area (Å²) in [6.07, 6.45) is 13.3. The Morgan fingerprint density at radius 2 is 1.41 bits per heavy atom. The van der Waals surface area contributed by atoms with E-state index < -0.39 is 12.1 Å². The van der Waals surface area contributed by atoms with Crippen molar-refractivity contribution in [3.63, 3.8) is 0 Å². The molecular formula is C23H39NO3. The Balaban J connectivity index is 2.07. The lowest BCUT2D eigenvalue weighted by Gasteiger charge is -2.22. The summed E-state index contributed by atoms with van der Waals surface area (Å²) in [5.74, 6) is -0.0973. The number of carbonyl (C=O) groups is 1. The van der Waals surface area contributed by atoms with Gasteiger partial charge in [0.2, 0.25) is 5.91 Å². The third-order valence-electron chi connectivity index (χ3n) is 5.07. The van der Waals surface area contributed by atoms with Gasteiger partial charge in [0.05, 0.1) is 12.6 Å². The average molecular weight is 378 g/mol. The number of nitrogens with one attached hydrogen (secondary N) is 1. The third-order valence-corrected chi connectivity index (χ3v) is 5.07. The van der Waals surface area contributed by atoms with Crippen LogP contribution in [0.5, 0.6) is 0 Å². The lowest BCUT2D eigenvalue weighted by Crippen LogP contribution is -2.41. The number of aliphatic hydroxyl groups excluding tert-OH is 2. The van der Waals surface area contributed by atoms with Crippen LogP contribution in [0.25, 0.3) is 0 Å². The van der Waals surface area contributed by atoms with Gasteiger partial charge in [-0.25, -0.2) is 0 Å². The van der Waals surface area contributed by atoms with E-state index in [0.717, 1.165) is 12.8 Å². The molecule has 4 nitrogen and oxygen atoms in total. The zero-order valence-electron chi connectivity index (χ0n) is 17.0. The van der Waals surface area contributed by atoms with Gasteiger partial charge < -0.3 is 15.5 Å². The predicted molar refractivity (Wildman–Crippen MR) is 111 cm³/mol. The Labute approximate surface area is 165 Å². The van der Waals surface area contributed by atoms with Crippen LogP contribution in [0.3, 0.4) is 0 Å². The van der Waals surface area contributed by atoms with Gasteiger partial charge in [-0.05, 0) is 12.0 Å². The molecule has 0 aliphatic heterocycles. The summed E-state index contributed by atoms with van der Waals surface area (Å²) in [4.78, 5) is 12.1. The molecule has 0 aliphatic carbocycles. The Morgan fingerprint density at radius 1 is 0.889 bits per heavy atom. The predicted octanol–water partition coefficient (Wildman–Crippen LogP) is 4.90. The lowest BCUT2D eigenvalue weighted by atomic mass is 10.0. The van der Waals surface area contributed by atoms with Crippen molar-refractivity contribution < 1.29 is 15.0 Å². The van der Waals surface area contributed by atoms with Crippen molar-refractivity contribution in [2.24, 2.45) is 0 Å². The second-order valence-corrected chi connectivity index (χ2v) is 7.50. The van der Waals surface area contributed by atoms with E-state index in [0.29, 0.717) is 12.0 Å². The molecule has 0 aliphatic rings. The van der Waals surface area contributed by atoms with Crippen LogP contribution in [-0.2, 0) is 4.79 Å². The first-order valence-electron chi connectivity index (χ1n) is 10.8. The average Bonchev–Trinajstić information content (AvgIpc) is 2.70. The summed E-state index contributed by atoms with van der Waals surface area (Å²) in [6, 6.07) is 8.47. The van der Waals surface area contributed by atoms with E-state index in [9.17, 15) is 15.0 Å². The zero-order valence-corrected chi connectivity index (χ0v) is 17.0. The Bertz CT molecular complexity index is 478. The summed E-state index contributed by atoms with van der Waals surface area (Å²) >= 11 is 0. The molecule has 1 amide bonds. The molecule has 0 saturated heterocycles. The summed E-state index contributed by atoms with van der Waals surface area (Å²) in [7, 11) is 0. The van der Waals surface area contributed by atoms with Gasteiger partial charge in [-0.1, -0.05) is 101 Å². The lowest BCUT2D eigenvalue weighted by molar-refractivity contribution is -0.123. The van der Waals surface area contributed by atoms with E-state index in [1.54, 1.807) is 12.1 Å². The van der Waals surface area contributed by atoms with Crippen LogP contribution < -0.4 is 5.32 Å². The maximum Gasteiger partial charge on any atom is 0.220 e. The number of amides is 1. The van der Waals surface area contributed by atoms with Crippen LogP contribution in [0.1, 0.15) is 95.6 Å². The number of aliphatic hydroxyl groups is 2. The van der Waals surface area contributed by atoms with Crippen molar-refractivity contribution in [2.75, 3.05) is 6.61 Å². The van der Waals surface area contributed by atoms with Crippen molar-refractivity contribution in [1.82, 2.24) is 5.32 Å². The van der Waals surface area contributed by atoms with Crippen molar-refractivity contribution in [2.45, 2.75) is 96.1 Å². The van der Waals surface area contributed by atoms with Crippen molar-refractivity contribution in [3.05, 3.63) is 35.9 Å². The molecule has 0 spiro atoms. The molecule has 4 heteroatoms. The second kappa shape index (κ2) is 15.6. The molecule has 0 heterocycles. The van der Waals surface area contributed by atoms with Crippen LogP contribution in [0.2, 0.25) is 0 Å². The summed E-state index contributed by atoms with van der Waals surface area (Å²) in [5, 5.41) is 22.6. The highest BCUT2D eigenvalue weighted by atomic mass is 16.3. The first kappa shape index (κ1) is 23.6. The van der Waals surface area contributed by atoms with E-state index >= 15 is 0 Å². The molecule has 2 atom stereocenters. The highest BCUT2D eigenvalue weighted by Crippen LogP contribution is 2.17. The SMILES string of the molecule is CCCCCCCCCCCCCC(=O)N[C@@H](CO)[C@@H](O)c1ccccc1. The quantitative estimate of drug-likeness (QED) is 0.359. The van der Waals surface area contributed by atoms with Gasteiger partial charge in [0.25, 0.3) is 0 Å². The minimum atomic E-state index is -0.891. The van der Waals surface area contributed by atoms with Gasteiger partial charge in [0.15, 0.2) is 0 Å². The van der Waals surface area contributed by atoms with Gasteiger partial charge in [0, 0.05) is 6.42 Å². The first-order valence-corrected chi connectivity index (χ1v) is 10.8. The van der Waals surface area contributed by atoms with Gasteiger partial charge in [-0.3, -0.25) is 4.79 Å². The van der Waals surface area contributed by atoms with Gasteiger partial charge >= 0.3 is 0 Å². The van der Waals surface area contributed by atoms with E-state index in [4.69, 9.17) is 0 Å². The molecule has 154 valence electrons. The van der Waals surface area contributed by atoms with Crippen LogP contribution in [-0.4, -0.2) is 28.8 Å². The van der Waals surface area contributed by atoms with Crippen molar-refractivity contribution in [3.8, 4) is 0 Å². The highest BCUT2D eigenvalue weighted by Gasteiger charge is 2.21. The number of benzene rings is 1. The van der Waals surface area contributed by atoms with Crippen LogP contribution in [0.4, 0.5) is 0 Å². The first-order chi connectivity index (χ1) is 13.2. The molecule has 27 heavy (non-hydrogen) atoms. The second-order valence-electron chi connectivity index (χ2n) is 7.50. The van der Waals surface area contributed by atoms with E-state index in [-0.39, 0.29) is 12.5 Å². The topological polar surface area (TPSA) is 69.6 Å². The Hall–Kier alpha value is -1.39. The maximum absolute atomic E-state index is 12.1. The normalized spacial score (nSPS) is 13.3. The maximum atomic E-state index is 12.1. The molecule has 1 aromatic carbocycles. The molecule has 0 fully saturated rings. The fraction of sp³-hybridized carbons (Fsp3) is 0.696. The Kier molecular flexibility index (Phi) is 13.7. The van der Waals surface area contributed by atoms with Crippen LogP contribution in [0.15, 0.2) is 30.3 Å². The zero-order chi connectivity index (χ0) is 19.7. The third kappa shape index (κ3) is 11.1. The molecule has 0 saturated carbocycles. The van der Waals surface area contributed by atoms with E-state index in [2.05, 4.69) is 12.2 Å². The Morgan fingerprint density at radius 3 is 1.93 bits per heavy atom. The van der Waals surface area contributed by atoms with Crippen LogP contribution in [0, 0.1) is 0 Å². The smallest absolute Gasteiger partial charge is 0.220 e. The van der Waals surface area contributed by atoms with E-state index in [1.165, 1.54) is 57.8 Å². The summed E-state index contributed by atoms with van der Waals surface area (Å²) in [6.45, 7) is 1.97. The highest BCUT2D eigenvalue weighted by molar-refractivity contribution is 5.76. The molecule has 0 aromatic heterocycles. The number of hydrogen-bond acceptors (Lipinski definition) is 3. The minimum Gasteiger partial charge on any atom is -0.394 e. The molecule has 1 aromatic rings. The number of hydrogen-bond donors (Lipinski definition) is 3. The molecular weight excluding hydrogens is 338 g/mol. The molecule has 3 N–H and O–H groups in total. The monoisotopic (exact) mass is 377 g/mol.